The van der Waals surface area contributed by atoms with Crippen LogP contribution in [0.1, 0.15) is 21.0 Å². The van der Waals surface area contributed by atoms with Crippen molar-refractivity contribution in [2.45, 2.75) is 6.92 Å². The van der Waals surface area contributed by atoms with E-state index in [2.05, 4.69) is 10.5 Å². The predicted molar refractivity (Wildman–Crippen MR) is 99.9 cm³/mol. The molecule has 0 saturated heterocycles. The Hall–Kier alpha value is -2.97. The highest BCUT2D eigenvalue weighted by molar-refractivity contribution is 7.12. The van der Waals surface area contributed by atoms with Crippen LogP contribution in [-0.2, 0) is 0 Å². The number of aryl methyl sites for hydroxylation is 1. The quantitative estimate of drug-likeness (QED) is 0.390. The fourth-order valence-electron chi connectivity index (χ4n) is 2.19. The molecule has 132 valence electrons. The first kappa shape index (κ1) is 17.8. The van der Waals surface area contributed by atoms with E-state index in [1.807, 2.05) is 18.4 Å². The van der Waals surface area contributed by atoms with Gasteiger partial charge >= 0.3 is 0 Å². The molecule has 3 rings (SSSR count). The number of furan rings is 1. The second kappa shape index (κ2) is 7.51. The lowest BCUT2D eigenvalue weighted by Gasteiger charge is -2.00. The summed E-state index contributed by atoms with van der Waals surface area (Å²) in [6.45, 7) is 1.84. The Kier molecular flexibility index (Phi) is 5.15. The first-order valence-corrected chi connectivity index (χ1v) is 8.63. The average molecular weight is 390 g/mol. The van der Waals surface area contributed by atoms with Crippen LogP contribution in [0.4, 0.5) is 5.69 Å². The van der Waals surface area contributed by atoms with E-state index in [-0.39, 0.29) is 11.6 Å². The summed E-state index contributed by atoms with van der Waals surface area (Å²) in [4.78, 5) is 22.9. The van der Waals surface area contributed by atoms with E-state index in [4.69, 9.17) is 16.0 Å². The molecule has 1 amide bonds. The molecular weight excluding hydrogens is 378 g/mol. The summed E-state index contributed by atoms with van der Waals surface area (Å²) in [6.07, 6.45) is 1.34. The molecule has 7 nitrogen and oxygen atoms in total. The molecule has 2 aromatic heterocycles. The molecule has 1 aromatic carbocycles. The summed E-state index contributed by atoms with van der Waals surface area (Å²) in [5, 5.41) is 16.9. The highest BCUT2D eigenvalue weighted by Gasteiger charge is 2.14. The second-order valence-corrected chi connectivity index (χ2v) is 6.58. The van der Waals surface area contributed by atoms with Gasteiger partial charge in [-0.1, -0.05) is 11.6 Å². The zero-order valence-electron chi connectivity index (χ0n) is 13.4. The van der Waals surface area contributed by atoms with Gasteiger partial charge in [0.2, 0.25) is 0 Å². The molecule has 0 unspecified atom stereocenters. The summed E-state index contributed by atoms with van der Waals surface area (Å²) in [5.41, 5.74) is 3.62. The zero-order valence-corrected chi connectivity index (χ0v) is 15.0. The van der Waals surface area contributed by atoms with Crippen LogP contribution in [0.5, 0.6) is 0 Å². The van der Waals surface area contributed by atoms with Crippen LogP contribution in [0.25, 0.3) is 11.3 Å². The third-order valence-corrected chi connectivity index (χ3v) is 4.82. The Bertz CT molecular complexity index is 1010. The van der Waals surface area contributed by atoms with Gasteiger partial charge in [0.05, 0.1) is 21.0 Å². The van der Waals surface area contributed by atoms with Gasteiger partial charge in [-0.2, -0.15) is 5.10 Å². The normalized spacial score (nSPS) is 11.0. The van der Waals surface area contributed by atoms with E-state index < -0.39 is 4.92 Å². The van der Waals surface area contributed by atoms with Gasteiger partial charge in [0, 0.05) is 17.7 Å². The number of nitro benzene ring substituents is 1. The van der Waals surface area contributed by atoms with Crippen LogP contribution in [0, 0.1) is 17.0 Å². The molecule has 2 heterocycles. The number of hydrogen-bond donors (Lipinski definition) is 1. The fourth-order valence-corrected chi connectivity index (χ4v) is 3.22. The number of carbonyl (C=O) groups excluding carboxylic acids is 1. The molecule has 0 aliphatic rings. The summed E-state index contributed by atoms with van der Waals surface area (Å²) < 4.78 is 5.58. The molecule has 0 aliphatic carbocycles. The number of nitro groups is 1. The number of amides is 1. The summed E-state index contributed by atoms with van der Waals surface area (Å²) >= 11 is 7.42. The van der Waals surface area contributed by atoms with Crippen molar-refractivity contribution in [2.24, 2.45) is 5.10 Å². The number of hydrazone groups is 1. The van der Waals surface area contributed by atoms with Gasteiger partial charge in [-0.05, 0) is 42.1 Å². The molecule has 0 fully saturated rings. The van der Waals surface area contributed by atoms with Gasteiger partial charge in [0.15, 0.2) is 0 Å². The minimum absolute atomic E-state index is 0.0883. The summed E-state index contributed by atoms with van der Waals surface area (Å²) in [7, 11) is 0. The number of thiophene rings is 1. The standard InChI is InChI=1S/C17H12ClN3O4S/c1-10-6-7-26-16(10)17(22)20-19-9-12-3-5-15(25-12)13-8-11(21(23)24)2-4-14(13)18/h2-9H,1H3,(H,20,22)/b19-9-. The maximum atomic E-state index is 12.0. The number of carbonyl (C=O) groups is 1. The monoisotopic (exact) mass is 389 g/mol. The first-order chi connectivity index (χ1) is 12.5. The highest BCUT2D eigenvalue weighted by atomic mass is 35.5. The van der Waals surface area contributed by atoms with Gasteiger partial charge in [-0.25, -0.2) is 5.43 Å². The van der Waals surface area contributed by atoms with Crippen molar-refractivity contribution >= 4 is 40.7 Å². The topological polar surface area (TPSA) is 97.7 Å². The lowest BCUT2D eigenvalue weighted by Crippen LogP contribution is -2.17. The number of rotatable bonds is 5. The van der Waals surface area contributed by atoms with Crippen LogP contribution >= 0.6 is 22.9 Å². The van der Waals surface area contributed by atoms with Crippen molar-refractivity contribution < 1.29 is 14.1 Å². The second-order valence-electron chi connectivity index (χ2n) is 5.26. The average Bonchev–Trinajstić information content (AvgIpc) is 3.24. The number of non-ortho nitro benzene ring substituents is 1. The minimum Gasteiger partial charge on any atom is -0.455 e. The van der Waals surface area contributed by atoms with E-state index in [9.17, 15) is 14.9 Å². The Morgan fingerprint density at radius 2 is 2.15 bits per heavy atom. The molecule has 0 spiro atoms. The molecule has 26 heavy (non-hydrogen) atoms. The predicted octanol–water partition coefficient (Wildman–Crippen LogP) is 4.64. The Balaban J connectivity index is 1.74. The van der Waals surface area contributed by atoms with Crippen molar-refractivity contribution in [2.75, 3.05) is 0 Å². The molecule has 0 bridgehead atoms. The Morgan fingerprint density at radius 3 is 2.85 bits per heavy atom. The van der Waals surface area contributed by atoms with Gasteiger partial charge < -0.3 is 4.42 Å². The Morgan fingerprint density at radius 1 is 1.35 bits per heavy atom. The fraction of sp³-hybridized carbons (Fsp3) is 0.0588. The van der Waals surface area contributed by atoms with E-state index >= 15 is 0 Å². The van der Waals surface area contributed by atoms with Crippen LogP contribution in [0.3, 0.4) is 0 Å². The van der Waals surface area contributed by atoms with E-state index in [1.165, 1.54) is 35.8 Å². The van der Waals surface area contributed by atoms with Crippen molar-refractivity contribution in [3.8, 4) is 11.3 Å². The molecule has 1 N–H and O–H groups in total. The third-order valence-electron chi connectivity index (χ3n) is 3.48. The van der Waals surface area contributed by atoms with Crippen LogP contribution in [-0.4, -0.2) is 17.0 Å². The summed E-state index contributed by atoms with van der Waals surface area (Å²) in [5.74, 6) is 0.425. The largest absolute Gasteiger partial charge is 0.455 e. The third kappa shape index (κ3) is 3.81. The lowest BCUT2D eigenvalue weighted by atomic mass is 10.1. The van der Waals surface area contributed by atoms with Gasteiger partial charge in [-0.15, -0.1) is 11.3 Å². The first-order valence-electron chi connectivity index (χ1n) is 7.37. The van der Waals surface area contributed by atoms with Crippen molar-refractivity contribution in [1.29, 1.82) is 0 Å². The lowest BCUT2D eigenvalue weighted by molar-refractivity contribution is -0.384. The number of nitrogens with zero attached hydrogens (tertiary/aromatic N) is 2. The van der Waals surface area contributed by atoms with Crippen LogP contribution < -0.4 is 5.43 Å². The molecular formula is C17H12ClN3O4S. The maximum Gasteiger partial charge on any atom is 0.281 e. The van der Waals surface area contributed by atoms with Gasteiger partial charge in [0.1, 0.15) is 11.5 Å². The molecule has 3 aromatic rings. The van der Waals surface area contributed by atoms with E-state index in [0.717, 1.165) is 5.56 Å². The van der Waals surface area contributed by atoms with E-state index in [0.29, 0.717) is 27.0 Å². The molecule has 0 atom stereocenters. The zero-order chi connectivity index (χ0) is 18.7. The van der Waals surface area contributed by atoms with Gasteiger partial charge in [0.25, 0.3) is 11.6 Å². The number of halogens is 1. The van der Waals surface area contributed by atoms with Crippen molar-refractivity contribution in [3.63, 3.8) is 0 Å². The molecule has 9 heteroatoms. The molecule has 0 radical (unpaired) electrons. The SMILES string of the molecule is Cc1ccsc1C(=O)N/N=C\c1ccc(-c2cc([N+](=O)[O-])ccc2Cl)o1. The maximum absolute atomic E-state index is 12.0. The van der Waals surface area contributed by atoms with Crippen LogP contribution in [0.2, 0.25) is 5.02 Å². The minimum atomic E-state index is -0.507. The number of hydrogen-bond acceptors (Lipinski definition) is 6. The van der Waals surface area contributed by atoms with Gasteiger partial charge in [-0.3, -0.25) is 14.9 Å². The van der Waals surface area contributed by atoms with E-state index in [1.54, 1.807) is 12.1 Å². The smallest absolute Gasteiger partial charge is 0.281 e. The molecule has 0 aliphatic heterocycles. The van der Waals surface area contributed by atoms with Crippen molar-refractivity contribution in [1.82, 2.24) is 5.43 Å². The van der Waals surface area contributed by atoms with Crippen molar-refractivity contribution in [3.05, 3.63) is 73.1 Å². The summed E-state index contributed by atoms with van der Waals surface area (Å²) in [6, 6.07) is 9.19. The number of benzene rings is 1. The Labute approximate surface area is 157 Å². The number of nitrogens with one attached hydrogen (secondary N) is 1. The van der Waals surface area contributed by atoms with Crippen LogP contribution in [0.15, 0.2) is 51.3 Å². The highest BCUT2D eigenvalue weighted by Crippen LogP contribution is 2.32. The molecule has 0 saturated carbocycles.